The predicted molar refractivity (Wildman–Crippen MR) is 88.6 cm³/mol. The first-order valence-corrected chi connectivity index (χ1v) is 8.35. The molecular weight excluding hydrogens is 258 g/mol. The maximum atomic E-state index is 6.26. The maximum absolute atomic E-state index is 6.26. The Balaban J connectivity index is 1.49. The minimum absolute atomic E-state index is 0.376. The summed E-state index contributed by atoms with van der Waals surface area (Å²) in [5.41, 5.74) is 3.31. The number of hydrogen-bond donors (Lipinski definition) is 1. The molecule has 3 unspecified atom stereocenters. The molecule has 2 nitrogen and oxygen atoms in total. The van der Waals surface area contributed by atoms with Gasteiger partial charge in [0.2, 0.25) is 0 Å². The van der Waals surface area contributed by atoms with Crippen LogP contribution in [0, 0.1) is 23.7 Å². The van der Waals surface area contributed by atoms with Gasteiger partial charge in [-0.05, 0) is 60.6 Å². The van der Waals surface area contributed by atoms with E-state index in [0.29, 0.717) is 16.9 Å². The molecule has 2 aliphatic carbocycles. The van der Waals surface area contributed by atoms with Crippen LogP contribution in [0.2, 0.25) is 0 Å². The van der Waals surface area contributed by atoms with Crippen molar-refractivity contribution in [3.05, 3.63) is 29.8 Å². The monoisotopic (exact) mass is 287 g/mol. The van der Waals surface area contributed by atoms with Gasteiger partial charge in [-0.1, -0.05) is 32.9 Å². The van der Waals surface area contributed by atoms with Gasteiger partial charge in [-0.3, -0.25) is 0 Å². The lowest BCUT2D eigenvalue weighted by atomic mass is 9.70. The molecule has 1 N–H and O–H groups in total. The molecule has 1 aromatic carbocycles. The van der Waals surface area contributed by atoms with Crippen LogP contribution in [0.3, 0.4) is 0 Å². The number of nitrogens with one attached hydrogen (secondary N) is 1. The van der Waals surface area contributed by atoms with Crippen molar-refractivity contribution in [2.24, 2.45) is 16.7 Å². The van der Waals surface area contributed by atoms with Gasteiger partial charge < -0.3 is 10.1 Å². The third-order valence-corrected chi connectivity index (χ3v) is 6.48. The molecule has 0 heterocycles. The zero-order valence-corrected chi connectivity index (χ0v) is 13.9. The summed E-state index contributed by atoms with van der Waals surface area (Å²) in [5.74, 6) is 0.859. The third kappa shape index (κ3) is 2.48. The lowest BCUT2D eigenvalue weighted by molar-refractivity contribution is -0.0425. The van der Waals surface area contributed by atoms with Gasteiger partial charge in [0, 0.05) is 12.2 Å². The molecule has 0 radical (unpaired) electrons. The molecule has 0 amide bonds. The van der Waals surface area contributed by atoms with Crippen LogP contribution in [0.5, 0.6) is 0 Å². The largest absolute Gasteiger partial charge is 0.383 e. The summed E-state index contributed by atoms with van der Waals surface area (Å²) in [6.45, 7) is 11.1. The fourth-order valence-corrected chi connectivity index (χ4v) is 4.53. The Labute approximate surface area is 129 Å². The quantitative estimate of drug-likeness (QED) is 0.797. The summed E-state index contributed by atoms with van der Waals surface area (Å²) in [7, 11) is 0. The van der Waals surface area contributed by atoms with Gasteiger partial charge in [0.05, 0.1) is 12.7 Å². The first-order chi connectivity index (χ1) is 9.93. The second kappa shape index (κ2) is 5.31. The first kappa shape index (κ1) is 14.9. The summed E-state index contributed by atoms with van der Waals surface area (Å²) < 4.78 is 6.26. The van der Waals surface area contributed by atoms with Gasteiger partial charge in [-0.2, -0.15) is 0 Å². The van der Waals surface area contributed by atoms with E-state index in [2.05, 4.69) is 57.3 Å². The summed E-state index contributed by atoms with van der Waals surface area (Å²) >= 11 is 0. The maximum Gasteiger partial charge on any atom is 0.0643 e. The number of ether oxygens (including phenoxy) is 1. The fraction of sp³-hybridized carbons (Fsp3) is 0.684. The molecule has 2 heteroatoms. The highest BCUT2D eigenvalue weighted by Crippen LogP contribution is 2.66. The molecule has 2 bridgehead atoms. The highest BCUT2D eigenvalue weighted by molar-refractivity contribution is 5.45. The average molecular weight is 287 g/mol. The number of fused-ring (bicyclic) bond motifs is 2. The van der Waals surface area contributed by atoms with Crippen molar-refractivity contribution < 1.29 is 4.74 Å². The molecule has 3 rings (SSSR count). The van der Waals surface area contributed by atoms with Crippen LogP contribution in [0.4, 0.5) is 5.69 Å². The number of benzene rings is 1. The second-order valence-corrected chi connectivity index (χ2v) is 7.77. The SMILES string of the molecule is Cc1cccc(NCCOC2CC3CCC2(C)C3(C)C)c1. The molecule has 0 saturated heterocycles. The molecule has 2 saturated carbocycles. The molecule has 116 valence electrons. The van der Waals surface area contributed by atoms with Gasteiger partial charge in [0.25, 0.3) is 0 Å². The van der Waals surface area contributed by atoms with Crippen LogP contribution in [-0.4, -0.2) is 19.3 Å². The summed E-state index contributed by atoms with van der Waals surface area (Å²) in [6, 6.07) is 8.52. The molecule has 1 aromatic rings. The van der Waals surface area contributed by atoms with E-state index in [9.17, 15) is 0 Å². The van der Waals surface area contributed by atoms with Gasteiger partial charge in [-0.15, -0.1) is 0 Å². The van der Waals surface area contributed by atoms with Crippen LogP contribution in [-0.2, 0) is 4.74 Å². The van der Waals surface area contributed by atoms with Crippen molar-refractivity contribution in [3.8, 4) is 0 Å². The van der Waals surface area contributed by atoms with E-state index >= 15 is 0 Å². The third-order valence-electron chi connectivity index (χ3n) is 6.48. The van der Waals surface area contributed by atoms with Gasteiger partial charge in [-0.25, -0.2) is 0 Å². The number of hydrogen-bond acceptors (Lipinski definition) is 2. The Hall–Kier alpha value is -1.02. The summed E-state index contributed by atoms with van der Waals surface area (Å²) in [5, 5.41) is 3.46. The fourth-order valence-electron chi connectivity index (χ4n) is 4.53. The minimum Gasteiger partial charge on any atom is -0.383 e. The van der Waals surface area contributed by atoms with E-state index in [-0.39, 0.29) is 0 Å². The lowest BCUT2D eigenvalue weighted by Crippen LogP contribution is -2.37. The Morgan fingerprint density at radius 1 is 1.29 bits per heavy atom. The van der Waals surface area contributed by atoms with Crippen molar-refractivity contribution in [2.45, 2.75) is 53.1 Å². The molecule has 2 aliphatic rings. The van der Waals surface area contributed by atoms with E-state index < -0.39 is 0 Å². The predicted octanol–water partition coefficient (Wildman–Crippen LogP) is 4.64. The highest BCUT2D eigenvalue weighted by atomic mass is 16.5. The number of rotatable bonds is 5. The molecule has 0 aromatic heterocycles. The summed E-state index contributed by atoms with van der Waals surface area (Å²) in [4.78, 5) is 0. The Kier molecular flexibility index (Phi) is 3.77. The zero-order valence-electron chi connectivity index (χ0n) is 13.9. The normalized spacial score (nSPS) is 33.3. The molecule has 0 aliphatic heterocycles. The van der Waals surface area contributed by atoms with Crippen LogP contribution in [0.1, 0.15) is 45.6 Å². The second-order valence-electron chi connectivity index (χ2n) is 7.77. The number of aryl methyl sites for hydroxylation is 1. The van der Waals surface area contributed by atoms with Crippen molar-refractivity contribution in [1.82, 2.24) is 0 Å². The zero-order chi connectivity index (χ0) is 15.1. The Morgan fingerprint density at radius 3 is 2.71 bits per heavy atom. The van der Waals surface area contributed by atoms with Gasteiger partial charge in [0.15, 0.2) is 0 Å². The van der Waals surface area contributed by atoms with Gasteiger partial charge in [0.1, 0.15) is 0 Å². The van der Waals surface area contributed by atoms with Crippen LogP contribution in [0.25, 0.3) is 0 Å². The van der Waals surface area contributed by atoms with Gasteiger partial charge >= 0.3 is 0 Å². The van der Waals surface area contributed by atoms with E-state index in [4.69, 9.17) is 4.74 Å². The smallest absolute Gasteiger partial charge is 0.0643 e. The molecule has 3 atom stereocenters. The van der Waals surface area contributed by atoms with E-state index in [0.717, 1.165) is 19.1 Å². The Morgan fingerprint density at radius 2 is 2.10 bits per heavy atom. The average Bonchev–Trinajstić information content (AvgIpc) is 2.76. The van der Waals surface area contributed by atoms with Crippen molar-refractivity contribution in [1.29, 1.82) is 0 Å². The standard InChI is InChI=1S/C19H29NO/c1-14-6-5-7-16(12-14)20-10-11-21-17-13-15-8-9-19(17,4)18(15,2)3/h5-7,12,15,17,20H,8-11,13H2,1-4H3. The van der Waals surface area contributed by atoms with Crippen molar-refractivity contribution >= 4 is 5.69 Å². The highest BCUT2D eigenvalue weighted by Gasteiger charge is 2.61. The topological polar surface area (TPSA) is 21.3 Å². The molecule has 0 spiro atoms. The Bertz CT molecular complexity index is 510. The number of anilines is 1. The summed E-state index contributed by atoms with van der Waals surface area (Å²) in [6.07, 6.45) is 4.44. The van der Waals surface area contributed by atoms with Crippen molar-refractivity contribution in [2.75, 3.05) is 18.5 Å². The van der Waals surface area contributed by atoms with Crippen LogP contribution < -0.4 is 5.32 Å². The van der Waals surface area contributed by atoms with E-state index in [1.807, 2.05) is 0 Å². The lowest BCUT2D eigenvalue weighted by Gasteiger charge is -2.39. The van der Waals surface area contributed by atoms with Crippen molar-refractivity contribution in [3.63, 3.8) is 0 Å². The van der Waals surface area contributed by atoms with Crippen LogP contribution in [0.15, 0.2) is 24.3 Å². The van der Waals surface area contributed by atoms with Crippen LogP contribution >= 0.6 is 0 Å². The van der Waals surface area contributed by atoms with E-state index in [1.165, 1.54) is 30.5 Å². The molecular formula is C19H29NO. The minimum atomic E-state index is 0.376. The van der Waals surface area contributed by atoms with E-state index in [1.54, 1.807) is 0 Å². The first-order valence-electron chi connectivity index (χ1n) is 8.35. The molecule has 2 fully saturated rings. The molecule has 21 heavy (non-hydrogen) atoms.